The average Bonchev–Trinajstić information content (AvgIpc) is 3.54. The highest BCUT2D eigenvalue weighted by Crippen LogP contribution is 2.30. The van der Waals surface area contributed by atoms with Gasteiger partial charge in [0.15, 0.2) is 15.3 Å². The van der Waals surface area contributed by atoms with Crippen LogP contribution in [-0.2, 0) is 17.3 Å². The Bertz CT molecular complexity index is 1700. The maximum atomic E-state index is 12.7. The fourth-order valence-corrected chi connectivity index (χ4v) is 6.35. The number of benzene rings is 3. The van der Waals surface area contributed by atoms with Crippen LogP contribution in [0.5, 0.6) is 0 Å². The second kappa shape index (κ2) is 12.1. The zero-order chi connectivity index (χ0) is 29.1. The van der Waals surface area contributed by atoms with Gasteiger partial charge in [-0.25, -0.2) is 4.98 Å². The minimum Gasteiger partial charge on any atom is -0.325 e. The summed E-state index contributed by atoms with van der Waals surface area (Å²) >= 11 is 4.54. The fourth-order valence-electron chi connectivity index (χ4n) is 4.12. The maximum absolute atomic E-state index is 12.7. The summed E-state index contributed by atoms with van der Waals surface area (Å²) in [6, 6.07) is 20.9. The third-order valence-electron chi connectivity index (χ3n) is 6.41. The molecule has 2 aromatic heterocycles. The van der Waals surface area contributed by atoms with Gasteiger partial charge in [0, 0.05) is 29.5 Å². The molecule has 0 aliphatic rings. The molecule has 0 bridgehead atoms. The predicted molar refractivity (Wildman–Crippen MR) is 170 cm³/mol. The molecular weight excluding hydrogens is 573 g/mol. The van der Waals surface area contributed by atoms with Crippen molar-refractivity contribution in [1.82, 2.24) is 19.7 Å². The van der Waals surface area contributed by atoms with Gasteiger partial charge in [-0.2, -0.15) is 0 Å². The van der Waals surface area contributed by atoms with E-state index in [9.17, 15) is 9.59 Å². The van der Waals surface area contributed by atoms with E-state index in [0.717, 1.165) is 25.8 Å². The standard InChI is InChI=1S/C30H30N6O2S3/c1-30(2,3)20-10-6-19(7-11-20)27(38)32-21-12-8-18(9-13-21)26-34-35-28(36(26)4)40-17-25(37)31-22-14-15-23-24(16-22)41-29(33-23)39-5/h6-16H,17H2,1-5H3,(H,31,37)(H,32,38). The van der Waals surface area contributed by atoms with E-state index in [1.54, 1.807) is 23.1 Å². The molecule has 0 fully saturated rings. The lowest BCUT2D eigenvalue weighted by Gasteiger charge is -2.19. The quantitative estimate of drug-likeness (QED) is 0.183. The van der Waals surface area contributed by atoms with E-state index in [0.29, 0.717) is 22.2 Å². The summed E-state index contributed by atoms with van der Waals surface area (Å²) in [7, 11) is 1.87. The summed E-state index contributed by atoms with van der Waals surface area (Å²) in [4.78, 5) is 29.9. The first-order valence-corrected chi connectivity index (χ1v) is 15.9. The SMILES string of the molecule is CSc1nc2ccc(NC(=O)CSc3nnc(-c4ccc(NC(=O)c5ccc(C(C)(C)C)cc5)cc4)n3C)cc2s1. The molecule has 0 aliphatic carbocycles. The molecule has 11 heteroatoms. The van der Waals surface area contributed by atoms with Crippen LogP contribution in [0.3, 0.4) is 0 Å². The number of hydrogen-bond donors (Lipinski definition) is 2. The zero-order valence-electron chi connectivity index (χ0n) is 23.4. The monoisotopic (exact) mass is 602 g/mol. The van der Waals surface area contributed by atoms with Gasteiger partial charge in [0.2, 0.25) is 5.91 Å². The van der Waals surface area contributed by atoms with Gasteiger partial charge in [-0.3, -0.25) is 9.59 Å². The number of thiazole rings is 1. The lowest BCUT2D eigenvalue weighted by Crippen LogP contribution is -2.14. The van der Waals surface area contributed by atoms with Gasteiger partial charge in [0.05, 0.1) is 16.0 Å². The molecule has 41 heavy (non-hydrogen) atoms. The van der Waals surface area contributed by atoms with E-state index >= 15 is 0 Å². The van der Waals surface area contributed by atoms with Gasteiger partial charge >= 0.3 is 0 Å². The van der Waals surface area contributed by atoms with Crippen LogP contribution in [-0.4, -0.2) is 43.6 Å². The van der Waals surface area contributed by atoms with Crippen molar-refractivity contribution >= 4 is 68.3 Å². The Morgan fingerprint density at radius 1 is 0.927 bits per heavy atom. The number of fused-ring (bicyclic) bond motifs is 1. The Kier molecular flexibility index (Phi) is 8.48. The molecule has 0 atom stereocenters. The Morgan fingerprint density at radius 2 is 1.63 bits per heavy atom. The average molecular weight is 603 g/mol. The molecule has 0 aliphatic heterocycles. The molecule has 2 heterocycles. The van der Waals surface area contributed by atoms with Crippen LogP contribution < -0.4 is 10.6 Å². The van der Waals surface area contributed by atoms with Crippen LogP contribution in [0.25, 0.3) is 21.6 Å². The summed E-state index contributed by atoms with van der Waals surface area (Å²) < 4.78 is 3.90. The maximum Gasteiger partial charge on any atom is 0.255 e. The van der Waals surface area contributed by atoms with Gasteiger partial charge in [-0.1, -0.05) is 56.4 Å². The number of anilines is 2. The third kappa shape index (κ3) is 6.80. The molecule has 5 rings (SSSR count). The van der Waals surface area contributed by atoms with Crippen LogP contribution in [0.4, 0.5) is 11.4 Å². The van der Waals surface area contributed by atoms with E-state index in [2.05, 4.69) is 46.6 Å². The van der Waals surface area contributed by atoms with Crippen LogP contribution in [0.1, 0.15) is 36.7 Å². The van der Waals surface area contributed by atoms with Gasteiger partial charge < -0.3 is 15.2 Å². The second-order valence-corrected chi connectivity index (χ2v) is 13.5. The number of thioether (sulfide) groups is 2. The number of nitrogens with zero attached hydrogens (tertiary/aromatic N) is 4. The number of carbonyl (C=O) groups is 2. The summed E-state index contributed by atoms with van der Waals surface area (Å²) in [5, 5.41) is 15.1. The van der Waals surface area contributed by atoms with Crippen molar-refractivity contribution in [2.24, 2.45) is 7.05 Å². The number of aromatic nitrogens is 4. The van der Waals surface area contributed by atoms with Crippen molar-refractivity contribution in [2.75, 3.05) is 22.6 Å². The summed E-state index contributed by atoms with van der Waals surface area (Å²) in [6.07, 6.45) is 2.00. The zero-order valence-corrected chi connectivity index (χ0v) is 25.8. The highest BCUT2D eigenvalue weighted by atomic mass is 32.2. The van der Waals surface area contributed by atoms with E-state index in [-0.39, 0.29) is 23.0 Å². The van der Waals surface area contributed by atoms with Gasteiger partial charge in [-0.05, 0) is 71.8 Å². The summed E-state index contributed by atoms with van der Waals surface area (Å²) in [6.45, 7) is 6.43. The number of amides is 2. The van der Waals surface area contributed by atoms with Crippen LogP contribution in [0, 0.1) is 0 Å². The predicted octanol–water partition coefficient (Wildman–Crippen LogP) is 7.09. The number of rotatable bonds is 8. The van der Waals surface area contributed by atoms with Crippen molar-refractivity contribution in [3.05, 3.63) is 77.9 Å². The third-order valence-corrected chi connectivity index (χ3v) is 9.43. The van der Waals surface area contributed by atoms with Gasteiger partial charge in [-0.15, -0.1) is 21.5 Å². The topological polar surface area (TPSA) is 102 Å². The molecule has 8 nitrogen and oxygen atoms in total. The summed E-state index contributed by atoms with van der Waals surface area (Å²) in [5.41, 5.74) is 5.03. The van der Waals surface area contributed by atoms with E-state index in [4.69, 9.17) is 0 Å². The molecule has 3 aromatic carbocycles. The van der Waals surface area contributed by atoms with E-state index in [1.165, 1.54) is 17.3 Å². The van der Waals surface area contributed by atoms with Crippen molar-refractivity contribution in [1.29, 1.82) is 0 Å². The smallest absolute Gasteiger partial charge is 0.255 e. The molecule has 0 spiro atoms. The Morgan fingerprint density at radius 3 is 2.32 bits per heavy atom. The molecule has 0 unspecified atom stereocenters. The highest BCUT2D eigenvalue weighted by molar-refractivity contribution is 8.00. The Labute approximate surface area is 251 Å². The molecule has 0 radical (unpaired) electrons. The normalized spacial score (nSPS) is 11.5. The molecule has 2 amide bonds. The van der Waals surface area contributed by atoms with Crippen molar-refractivity contribution < 1.29 is 9.59 Å². The van der Waals surface area contributed by atoms with Crippen LogP contribution in [0.2, 0.25) is 0 Å². The van der Waals surface area contributed by atoms with Crippen LogP contribution >= 0.6 is 34.9 Å². The molecule has 5 aromatic rings. The van der Waals surface area contributed by atoms with Crippen molar-refractivity contribution in [2.45, 2.75) is 35.7 Å². The van der Waals surface area contributed by atoms with Gasteiger partial charge in [0.1, 0.15) is 0 Å². The fraction of sp³-hybridized carbons (Fsp3) is 0.233. The molecule has 210 valence electrons. The van der Waals surface area contributed by atoms with Crippen molar-refractivity contribution in [3.63, 3.8) is 0 Å². The van der Waals surface area contributed by atoms with E-state index in [1.807, 2.05) is 84.6 Å². The largest absolute Gasteiger partial charge is 0.325 e. The minimum atomic E-state index is -0.162. The molecule has 0 saturated heterocycles. The number of nitrogens with one attached hydrogen (secondary N) is 2. The second-order valence-electron chi connectivity index (χ2n) is 10.4. The van der Waals surface area contributed by atoms with Crippen LogP contribution in [0.15, 0.2) is 76.2 Å². The molecular formula is C30H30N6O2S3. The first-order valence-electron chi connectivity index (χ1n) is 12.9. The Hall–Kier alpha value is -3.67. The first kappa shape index (κ1) is 28.8. The molecule has 0 saturated carbocycles. The first-order chi connectivity index (χ1) is 19.6. The highest BCUT2D eigenvalue weighted by Gasteiger charge is 2.16. The number of carbonyl (C=O) groups excluding carboxylic acids is 2. The van der Waals surface area contributed by atoms with Gasteiger partial charge in [0.25, 0.3) is 5.91 Å². The lowest BCUT2D eigenvalue weighted by atomic mass is 9.87. The molecule has 2 N–H and O–H groups in total. The van der Waals surface area contributed by atoms with Crippen molar-refractivity contribution in [3.8, 4) is 11.4 Å². The number of hydrogen-bond acceptors (Lipinski definition) is 8. The minimum absolute atomic E-state index is 0.0332. The van der Waals surface area contributed by atoms with E-state index < -0.39 is 0 Å². The Balaban J connectivity index is 1.17. The summed E-state index contributed by atoms with van der Waals surface area (Å²) in [5.74, 6) is 0.584. The lowest BCUT2D eigenvalue weighted by molar-refractivity contribution is -0.113.